The van der Waals surface area contributed by atoms with Gasteiger partial charge in [0.25, 0.3) is 0 Å². The van der Waals surface area contributed by atoms with E-state index in [0.29, 0.717) is 6.04 Å². The van der Waals surface area contributed by atoms with Crippen molar-refractivity contribution in [3.63, 3.8) is 0 Å². The predicted octanol–water partition coefficient (Wildman–Crippen LogP) is 3.88. The Labute approximate surface area is 132 Å². The molecule has 0 saturated carbocycles. The van der Waals surface area contributed by atoms with E-state index < -0.39 is 0 Å². The summed E-state index contributed by atoms with van der Waals surface area (Å²) in [6, 6.07) is 10.9. The largest absolute Gasteiger partial charge is 0.351 e. The highest BCUT2D eigenvalue weighted by Gasteiger charge is 2.13. The topological polar surface area (TPSA) is 28.2 Å². The van der Waals surface area contributed by atoms with Gasteiger partial charge in [-0.05, 0) is 19.0 Å². The molecule has 4 heteroatoms. The van der Waals surface area contributed by atoms with Crippen molar-refractivity contribution in [1.29, 1.82) is 0 Å². The Morgan fingerprint density at radius 1 is 1.29 bits per heavy atom. The summed E-state index contributed by atoms with van der Waals surface area (Å²) in [6.45, 7) is 3.30. The van der Waals surface area contributed by atoms with Gasteiger partial charge >= 0.3 is 0 Å². The predicted molar refractivity (Wildman–Crippen MR) is 92.2 cm³/mol. The zero-order valence-corrected chi connectivity index (χ0v) is 14.0. The van der Waals surface area contributed by atoms with E-state index in [1.807, 2.05) is 7.05 Å². The van der Waals surface area contributed by atoms with Gasteiger partial charge in [0.2, 0.25) is 0 Å². The van der Waals surface area contributed by atoms with Gasteiger partial charge in [0.1, 0.15) is 0 Å². The highest BCUT2D eigenvalue weighted by Crippen LogP contribution is 2.24. The van der Waals surface area contributed by atoms with E-state index in [4.69, 9.17) is 4.98 Å². The molecule has 1 unspecified atom stereocenters. The molecule has 1 aromatic carbocycles. The van der Waals surface area contributed by atoms with Crippen LogP contribution in [0, 0.1) is 0 Å². The molecule has 2 rings (SSSR count). The number of anilines is 1. The number of unbranched alkanes of at least 4 members (excludes halogenated alkanes) is 1. The van der Waals surface area contributed by atoms with E-state index in [9.17, 15) is 0 Å². The molecular formula is C17H25N3S. The summed E-state index contributed by atoms with van der Waals surface area (Å²) in [5.41, 5.74) is 2.48. The maximum atomic E-state index is 4.78. The summed E-state index contributed by atoms with van der Waals surface area (Å²) in [7, 11) is 4.14. The SMILES string of the molecule is CCCCN(C)c1nc(CC(NC)c2ccccc2)cs1. The molecule has 0 aliphatic heterocycles. The van der Waals surface area contributed by atoms with Crippen LogP contribution in [-0.4, -0.2) is 25.6 Å². The zero-order valence-electron chi connectivity index (χ0n) is 13.2. The summed E-state index contributed by atoms with van der Waals surface area (Å²) in [5.74, 6) is 0. The highest BCUT2D eigenvalue weighted by molar-refractivity contribution is 7.13. The van der Waals surface area contributed by atoms with E-state index >= 15 is 0 Å². The van der Waals surface area contributed by atoms with Crippen LogP contribution in [0.4, 0.5) is 5.13 Å². The number of benzene rings is 1. The summed E-state index contributed by atoms with van der Waals surface area (Å²) >= 11 is 1.74. The average molecular weight is 303 g/mol. The number of rotatable bonds is 8. The lowest BCUT2D eigenvalue weighted by molar-refractivity contribution is 0.586. The van der Waals surface area contributed by atoms with Crippen LogP contribution in [0.3, 0.4) is 0 Å². The molecule has 1 N–H and O–H groups in total. The molecule has 0 radical (unpaired) electrons. The van der Waals surface area contributed by atoms with Crippen molar-refractivity contribution in [2.45, 2.75) is 32.2 Å². The van der Waals surface area contributed by atoms with Crippen molar-refractivity contribution in [3.05, 3.63) is 47.0 Å². The van der Waals surface area contributed by atoms with Gasteiger partial charge in [0.05, 0.1) is 5.69 Å². The lowest BCUT2D eigenvalue weighted by Gasteiger charge is -2.16. The molecule has 1 aromatic heterocycles. The minimum Gasteiger partial charge on any atom is -0.351 e. The third-order valence-corrected chi connectivity index (χ3v) is 4.68. The number of aromatic nitrogens is 1. The minimum atomic E-state index is 0.321. The van der Waals surface area contributed by atoms with Crippen molar-refractivity contribution in [2.24, 2.45) is 0 Å². The standard InChI is InChI=1S/C17H25N3S/c1-4-5-11-20(3)17-19-15(13-21-17)12-16(18-2)14-9-7-6-8-10-14/h6-10,13,16,18H,4-5,11-12H2,1-3H3. The maximum absolute atomic E-state index is 4.78. The fourth-order valence-corrected chi connectivity index (χ4v) is 3.17. The van der Waals surface area contributed by atoms with Crippen LogP contribution in [0.2, 0.25) is 0 Å². The Balaban J connectivity index is 2.01. The van der Waals surface area contributed by atoms with Crippen LogP contribution < -0.4 is 10.2 Å². The fraction of sp³-hybridized carbons (Fsp3) is 0.471. The van der Waals surface area contributed by atoms with Crippen LogP contribution >= 0.6 is 11.3 Å². The first kappa shape index (κ1) is 16.0. The smallest absolute Gasteiger partial charge is 0.185 e. The number of thiazole rings is 1. The molecule has 1 atom stereocenters. The van der Waals surface area contributed by atoms with Gasteiger partial charge in [-0.15, -0.1) is 11.3 Å². The summed E-state index contributed by atoms with van der Waals surface area (Å²) in [4.78, 5) is 7.04. The number of nitrogens with zero attached hydrogens (tertiary/aromatic N) is 2. The van der Waals surface area contributed by atoms with Crippen molar-refractivity contribution in [2.75, 3.05) is 25.5 Å². The van der Waals surface area contributed by atoms with Crippen LogP contribution in [-0.2, 0) is 6.42 Å². The molecule has 0 amide bonds. The van der Waals surface area contributed by atoms with Gasteiger partial charge in [-0.25, -0.2) is 4.98 Å². The molecule has 0 spiro atoms. The molecule has 0 bridgehead atoms. The molecular weight excluding hydrogens is 278 g/mol. The molecule has 21 heavy (non-hydrogen) atoms. The number of hydrogen-bond acceptors (Lipinski definition) is 4. The monoisotopic (exact) mass is 303 g/mol. The molecule has 0 aliphatic rings. The zero-order chi connectivity index (χ0) is 15.1. The first-order chi connectivity index (χ1) is 10.2. The lowest BCUT2D eigenvalue weighted by Crippen LogP contribution is -2.20. The fourth-order valence-electron chi connectivity index (χ4n) is 2.34. The third-order valence-electron chi connectivity index (χ3n) is 3.68. The first-order valence-corrected chi connectivity index (χ1v) is 8.50. The summed E-state index contributed by atoms with van der Waals surface area (Å²) < 4.78 is 0. The Morgan fingerprint density at radius 3 is 2.71 bits per heavy atom. The Hall–Kier alpha value is -1.39. The number of nitrogens with one attached hydrogen (secondary N) is 1. The Kier molecular flexibility index (Phi) is 6.21. The van der Waals surface area contributed by atoms with E-state index in [-0.39, 0.29) is 0 Å². The second-order valence-corrected chi connectivity index (χ2v) is 6.19. The molecule has 114 valence electrons. The van der Waals surface area contributed by atoms with Crippen molar-refractivity contribution in [3.8, 4) is 0 Å². The maximum Gasteiger partial charge on any atom is 0.185 e. The van der Waals surface area contributed by atoms with Crippen molar-refractivity contribution < 1.29 is 0 Å². The molecule has 0 saturated heterocycles. The van der Waals surface area contributed by atoms with Crippen LogP contribution in [0.1, 0.15) is 37.1 Å². The van der Waals surface area contributed by atoms with Gasteiger partial charge in [0, 0.05) is 31.4 Å². The summed E-state index contributed by atoms with van der Waals surface area (Å²) in [6.07, 6.45) is 3.37. The van der Waals surface area contributed by atoms with Crippen LogP contribution in [0.15, 0.2) is 35.7 Å². The second-order valence-electron chi connectivity index (χ2n) is 5.35. The highest BCUT2D eigenvalue weighted by atomic mass is 32.1. The molecule has 1 heterocycles. The van der Waals surface area contributed by atoms with Crippen molar-refractivity contribution >= 4 is 16.5 Å². The van der Waals surface area contributed by atoms with E-state index in [0.717, 1.165) is 18.1 Å². The number of likely N-dealkylation sites (N-methyl/N-ethyl adjacent to an activating group) is 1. The molecule has 0 fully saturated rings. The van der Waals surface area contributed by atoms with E-state index in [2.05, 4.69) is 59.9 Å². The third kappa shape index (κ3) is 4.55. The van der Waals surface area contributed by atoms with Gasteiger partial charge < -0.3 is 10.2 Å². The summed E-state index contributed by atoms with van der Waals surface area (Å²) in [5, 5.41) is 6.70. The van der Waals surface area contributed by atoms with Crippen molar-refractivity contribution in [1.82, 2.24) is 10.3 Å². The van der Waals surface area contributed by atoms with Gasteiger partial charge in [-0.1, -0.05) is 43.7 Å². The average Bonchev–Trinajstić information content (AvgIpc) is 3.00. The second kappa shape index (κ2) is 8.15. The Bertz CT molecular complexity index is 524. The van der Waals surface area contributed by atoms with Gasteiger partial charge in [-0.3, -0.25) is 0 Å². The van der Waals surface area contributed by atoms with Crippen LogP contribution in [0.5, 0.6) is 0 Å². The van der Waals surface area contributed by atoms with E-state index in [1.165, 1.54) is 24.1 Å². The first-order valence-electron chi connectivity index (χ1n) is 7.62. The van der Waals surface area contributed by atoms with Crippen LogP contribution in [0.25, 0.3) is 0 Å². The van der Waals surface area contributed by atoms with Gasteiger partial charge in [-0.2, -0.15) is 0 Å². The Morgan fingerprint density at radius 2 is 2.05 bits per heavy atom. The molecule has 3 nitrogen and oxygen atoms in total. The lowest BCUT2D eigenvalue weighted by atomic mass is 10.0. The minimum absolute atomic E-state index is 0.321. The van der Waals surface area contributed by atoms with Gasteiger partial charge in [0.15, 0.2) is 5.13 Å². The molecule has 2 aromatic rings. The number of hydrogen-bond donors (Lipinski definition) is 1. The normalized spacial score (nSPS) is 12.3. The molecule has 0 aliphatic carbocycles. The quantitative estimate of drug-likeness (QED) is 0.802. The van der Waals surface area contributed by atoms with E-state index in [1.54, 1.807) is 11.3 Å².